The molecule has 0 bridgehead atoms. The van der Waals surface area contributed by atoms with Gasteiger partial charge in [0.1, 0.15) is 0 Å². The zero-order valence-electron chi connectivity index (χ0n) is 14.1. The number of nitrogens with zero attached hydrogens (tertiary/aromatic N) is 3. The Labute approximate surface area is 151 Å². The maximum Gasteiger partial charge on any atom is 0.241 e. The highest BCUT2D eigenvalue weighted by Gasteiger charge is 2.18. The van der Waals surface area contributed by atoms with Crippen molar-refractivity contribution in [3.63, 3.8) is 0 Å². The van der Waals surface area contributed by atoms with E-state index in [1.165, 1.54) is 11.8 Å². The number of para-hydroxylation sites is 2. The summed E-state index contributed by atoms with van der Waals surface area (Å²) in [5.74, 6) is 0.0674. The van der Waals surface area contributed by atoms with E-state index in [0.717, 1.165) is 42.1 Å². The molecule has 2 heterocycles. The van der Waals surface area contributed by atoms with Crippen molar-refractivity contribution < 1.29 is 9.59 Å². The van der Waals surface area contributed by atoms with Gasteiger partial charge in [0.05, 0.1) is 23.3 Å². The number of thioether (sulfide) groups is 1. The molecule has 1 N–H and O–H groups in total. The number of carbonyl (C=O) groups is 2. The second-order valence-electron chi connectivity index (χ2n) is 5.94. The predicted octanol–water partition coefficient (Wildman–Crippen LogP) is 2.05. The summed E-state index contributed by atoms with van der Waals surface area (Å²) < 4.78 is 2.04. The molecule has 1 aromatic heterocycles. The van der Waals surface area contributed by atoms with Crippen LogP contribution in [0.2, 0.25) is 0 Å². The molecule has 0 atom stereocenters. The number of amides is 2. The van der Waals surface area contributed by atoms with Gasteiger partial charge < -0.3 is 14.8 Å². The van der Waals surface area contributed by atoms with E-state index in [9.17, 15) is 9.59 Å². The summed E-state index contributed by atoms with van der Waals surface area (Å²) in [5.41, 5.74) is 1.92. The lowest BCUT2D eigenvalue weighted by atomic mass is 10.3. The van der Waals surface area contributed by atoms with Crippen molar-refractivity contribution in [2.75, 3.05) is 25.4 Å². The summed E-state index contributed by atoms with van der Waals surface area (Å²) in [6.45, 7) is 6.10. The van der Waals surface area contributed by atoms with Crippen LogP contribution in [0.25, 0.3) is 11.0 Å². The van der Waals surface area contributed by atoms with Crippen molar-refractivity contribution >= 4 is 34.6 Å². The lowest BCUT2D eigenvalue weighted by Gasteiger charge is -2.15. The van der Waals surface area contributed by atoms with Gasteiger partial charge in [-0.3, -0.25) is 9.59 Å². The molecule has 1 aromatic carbocycles. The van der Waals surface area contributed by atoms with Gasteiger partial charge in [0, 0.05) is 19.6 Å². The van der Waals surface area contributed by atoms with Crippen LogP contribution in [0.15, 0.2) is 42.1 Å². The molecule has 1 aliphatic heterocycles. The van der Waals surface area contributed by atoms with Crippen LogP contribution in [0, 0.1) is 0 Å². The average Bonchev–Trinajstić information content (AvgIpc) is 3.27. The van der Waals surface area contributed by atoms with Crippen LogP contribution in [0.1, 0.15) is 12.8 Å². The normalized spacial score (nSPS) is 14.0. The maximum absolute atomic E-state index is 12.1. The number of hydrogen-bond acceptors (Lipinski definition) is 4. The molecule has 0 spiro atoms. The Morgan fingerprint density at radius 3 is 2.80 bits per heavy atom. The fourth-order valence-electron chi connectivity index (χ4n) is 2.90. The number of nitrogens with one attached hydrogen (secondary N) is 1. The molecule has 6 nitrogen and oxygen atoms in total. The third kappa shape index (κ3) is 4.22. The summed E-state index contributed by atoms with van der Waals surface area (Å²) >= 11 is 1.37. The summed E-state index contributed by atoms with van der Waals surface area (Å²) in [6, 6.07) is 7.87. The fraction of sp³-hybridized carbons (Fsp3) is 0.389. The van der Waals surface area contributed by atoms with E-state index in [4.69, 9.17) is 0 Å². The standard InChI is InChI=1S/C18H22N4O2S/c1-2-9-22-15-8-4-3-7-14(15)20-18(22)25-13-16(23)19-12-17(24)21-10-5-6-11-21/h2-4,7-8H,1,5-6,9-13H2,(H,19,23). The van der Waals surface area contributed by atoms with E-state index >= 15 is 0 Å². The van der Waals surface area contributed by atoms with E-state index in [2.05, 4.69) is 16.9 Å². The van der Waals surface area contributed by atoms with Gasteiger partial charge in [0.15, 0.2) is 5.16 Å². The first kappa shape index (κ1) is 17.5. The molecular formula is C18H22N4O2S. The number of fused-ring (bicyclic) bond motifs is 1. The molecule has 0 saturated carbocycles. The second-order valence-corrected chi connectivity index (χ2v) is 6.88. The predicted molar refractivity (Wildman–Crippen MR) is 99.5 cm³/mol. The molecule has 2 amide bonds. The van der Waals surface area contributed by atoms with Gasteiger partial charge in [-0.2, -0.15) is 0 Å². The molecule has 0 aliphatic carbocycles. The van der Waals surface area contributed by atoms with Gasteiger partial charge in [-0.1, -0.05) is 30.0 Å². The quantitative estimate of drug-likeness (QED) is 0.608. The number of imidazole rings is 1. The molecule has 0 unspecified atom stereocenters. The topological polar surface area (TPSA) is 67.2 Å². The minimum absolute atomic E-state index is 0.00486. The van der Waals surface area contributed by atoms with Crippen LogP contribution in [0.3, 0.4) is 0 Å². The Morgan fingerprint density at radius 2 is 2.04 bits per heavy atom. The van der Waals surface area contributed by atoms with E-state index < -0.39 is 0 Å². The first-order valence-corrected chi connectivity index (χ1v) is 9.41. The van der Waals surface area contributed by atoms with Gasteiger partial charge in [-0.15, -0.1) is 6.58 Å². The zero-order valence-corrected chi connectivity index (χ0v) is 14.9. The van der Waals surface area contributed by atoms with Gasteiger partial charge >= 0.3 is 0 Å². The van der Waals surface area contributed by atoms with E-state index in [-0.39, 0.29) is 24.1 Å². The van der Waals surface area contributed by atoms with Gasteiger partial charge in [-0.05, 0) is 25.0 Å². The average molecular weight is 358 g/mol. The first-order chi connectivity index (χ1) is 12.2. The van der Waals surface area contributed by atoms with Crippen molar-refractivity contribution in [3.8, 4) is 0 Å². The van der Waals surface area contributed by atoms with Crippen LogP contribution in [0.4, 0.5) is 0 Å². The number of likely N-dealkylation sites (tertiary alicyclic amines) is 1. The van der Waals surface area contributed by atoms with Crippen molar-refractivity contribution in [3.05, 3.63) is 36.9 Å². The third-order valence-corrected chi connectivity index (χ3v) is 5.14. The lowest BCUT2D eigenvalue weighted by molar-refractivity contribution is -0.131. The highest BCUT2D eigenvalue weighted by molar-refractivity contribution is 7.99. The van der Waals surface area contributed by atoms with Crippen LogP contribution >= 0.6 is 11.8 Å². The van der Waals surface area contributed by atoms with Crippen molar-refractivity contribution in [2.24, 2.45) is 0 Å². The maximum atomic E-state index is 12.1. The third-order valence-electron chi connectivity index (χ3n) is 4.16. The molecule has 25 heavy (non-hydrogen) atoms. The van der Waals surface area contributed by atoms with Crippen molar-refractivity contribution in [2.45, 2.75) is 24.5 Å². The van der Waals surface area contributed by atoms with Crippen LogP contribution in [0.5, 0.6) is 0 Å². The molecule has 1 saturated heterocycles. The molecule has 0 radical (unpaired) electrons. The Bertz CT molecular complexity index is 780. The largest absolute Gasteiger partial charge is 0.346 e. The van der Waals surface area contributed by atoms with Gasteiger partial charge in [-0.25, -0.2) is 4.98 Å². The molecule has 3 rings (SSSR count). The minimum atomic E-state index is -0.158. The molecule has 132 valence electrons. The Hall–Kier alpha value is -2.28. The number of hydrogen-bond donors (Lipinski definition) is 1. The highest BCUT2D eigenvalue weighted by Crippen LogP contribution is 2.23. The van der Waals surface area contributed by atoms with E-state index in [0.29, 0.717) is 6.54 Å². The summed E-state index contributed by atoms with van der Waals surface area (Å²) in [5, 5.41) is 3.49. The number of carbonyl (C=O) groups excluding carboxylic acids is 2. The smallest absolute Gasteiger partial charge is 0.241 e. The highest BCUT2D eigenvalue weighted by atomic mass is 32.2. The van der Waals surface area contributed by atoms with Crippen LogP contribution in [-0.4, -0.2) is 51.7 Å². The van der Waals surface area contributed by atoms with E-state index in [1.54, 1.807) is 4.90 Å². The summed E-state index contributed by atoms with van der Waals surface area (Å²) in [7, 11) is 0. The van der Waals surface area contributed by atoms with Crippen molar-refractivity contribution in [1.29, 1.82) is 0 Å². The monoisotopic (exact) mass is 358 g/mol. The Morgan fingerprint density at radius 1 is 1.28 bits per heavy atom. The number of rotatable bonds is 7. The Balaban J connectivity index is 1.56. The number of allylic oxidation sites excluding steroid dienone is 1. The van der Waals surface area contributed by atoms with E-state index in [1.807, 2.05) is 34.9 Å². The number of aromatic nitrogens is 2. The second kappa shape index (κ2) is 8.20. The fourth-order valence-corrected chi connectivity index (χ4v) is 3.76. The first-order valence-electron chi connectivity index (χ1n) is 8.42. The minimum Gasteiger partial charge on any atom is -0.346 e. The summed E-state index contributed by atoms with van der Waals surface area (Å²) in [6.07, 6.45) is 3.91. The van der Waals surface area contributed by atoms with Crippen molar-refractivity contribution in [1.82, 2.24) is 19.8 Å². The summed E-state index contributed by atoms with van der Waals surface area (Å²) in [4.78, 5) is 30.4. The molecule has 7 heteroatoms. The number of benzene rings is 1. The molecule has 2 aromatic rings. The molecule has 1 fully saturated rings. The van der Waals surface area contributed by atoms with Crippen LogP contribution in [-0.2, 0) is 16.1 Å². The Kier molecular flexibility index (Phi) is 5.75. The van der Waals surface area contributed by atoms with Crippen LogP contribution < -0.4 is 5.32 Å². The van der Waals surface area contributed by atoms with Gasteiger partial charge in [0.25, 0.3) is 0 Å². The SMILES string of the molecule is C=CCn1c(SCC(=O)NCC(=O)N2CCCC2)nc2ccccc21. The molecule has 1 aliphatic rings. The lowest BCUT2D eigenvalue weighted by Crippen LogP contribution is -2.39. The molecular weight excluding hydrogens is 336 g/mol. The zero-order chi connectivity index (χ0) is 17.6. The van der Waals surface area contributed by atoms with Gasteiger partial charge in [0.2, 0.25) is 11.8 Å².